The lowest BCUT2D eigenvalue weighted by Crippen LogP contribution is -3.10. The number of hydrogen-bond donors (Lipinski definition) is 3. The molecule has 1 aromatic heterocycles. The van der Waals surface area contributed by atoms with Gasteiger partial charge in [-0.2, -0.15) is 0 Å². The summed E-state index contributed by atoms with van der Waals surface area (Å²) in [7, 11) is 1.93. The highest BCUT2D eigenvalue weighted by molar-refractivity contribution is 7.18. The number of fused-ring (bicyclic) bond motifs is 1. The summed E-state index contributed by atoms with van der Waals surface area (Å²) < 4.78 is 14.0. The van der Waals surface area contributed by atoms with Crippen molar-refractivity contribution in [1.29, 1.82) is 0 Å². The molecule has 3 aromatic rings. The fourth-order valence-electron chi connectivity index (χ4n) is 2.67. The molecule has 1 heterocycles. The zero-order valence-corrected chi connectivity index (χ0v) is 16.5. The van der Waals surface area contributed by atoms with Crippen LogP contribution in [0, 0.1) is 5.82 Å². The first-order chi connectivity index (χ1) is 13.4. The summed E-state index contributed by atoms with van der Waals surface area (Å²) in [5.41, 5.74) is 1.44. The fourth-order valence-corrected chi connectivity index (χ4v) is 3.78. The van der Waals surface area contributed by atoms with Gasteiger partial charge in [-0.3, -0.25) is 9.59 Å². The summed E-state index contributed by atoms with van der Waals surface area (Å²) in [6.07, 6.45) is 0. The molecule has 0 fully saturated rings. The minimum atomic E-state index is -0.375. The summed E-state index contributed by atoms with van der Waals surface area (Å²) in [6, 6.07) is 13.4. The second-order valence-corrected chi connectivity index (χ2v) is 7.66. The van der Waals surface area contributed by atoms with Gasteiger partial charge in [-0.1, -0.05) is 12.1 Å². The summed E-state index contributed by atoms with van der Waals surface area (Å²) in [5.74, 6) is -0.962. The van der Waals surface area contributed by atoms with E-state index in [0.29, 0.717) is 5.69 Å². The summed E-state index contributed by atoms with van der Waals surface area (Å²) in [6.45, 7) is 2.11. The van der Waals surface area contributed by atoms with Crippen molar-refractivity contribution in [3.8, 4) is 0 Å². The Labute approximate surface area is 166 Å². The van der Waals surface area contributed by atoms with Gasteiger partial charge < -0.3 is 15.5 Å². The number of thiazole rings is 1. The zero-order chi connectivity index (χ0) is 20.1. The third kappa shape index (κ3) is 5.11. The number of aromatic nitrogens is 1. The van der Waals surface area contributed by atoms with E-state index in [-0.39, 0.29) is 36.8 Å². The van der Waals surface area contributed by atoms with E-state index in [4.69, 9.17) is 0 Å². The van der Waals surface area contributed by atoms with Gasteiger partial charge in [0.15, 0.2) is 11.6 Å². The van der Waals surface area contributed by atoms with Gasteiger partial charge in [0.2, 0.25) is 5.91 Å². The van der Waals surface area contributed by atoms with E-state index in [9.17, 15) is 14.0 Å². The first-order valence-corrected chi connectivity index (χ1v) is 9.74. The Morgan fingerprint density at radius 2 is 1.86 bits per heavy atom. The standard InChI is InChI=1S/C20H21FN4O2S/c1-13(20-24-16-5-3-4-6-17(16)28-20)25(2)12-19(27)22-11-18(26)23-15-9-7-14(21)8-10-15/h3-10,13H,11-12H2,1-2H3,(H,22,27)(H,23,26)/p+1/t13-/m1/s1. The average molecular weight is 401 g/mol. The molecule has 0 aliphatic rings. The number of hydrogen-bond acceptors (Lipinski definition) is 4. The molecule has 6 nitrogen and oxygen atoms in total. The summed E-state index contributed by atoms with van der Waals surface area (Å²) in [4.78, 5) is 29.7. The molecular formula is C20H22FN4O2S+. The Kier molecular flexibility index (Phi) is 6.33. The zero-order valence-electron chi connectivity index (χ0n) is 15.7. The molecule has 1 unspecified atom stereocenters. The summed E-state index contributed by atoms with van der Waals surface area (Å²) >= 11 is 1.63. The molecule has 0 saturated heterocycles. The van der Waals surface area contributed by atoms with Gasteiger partial charge in [-0.25, -0.2) is 9.37 Å². The molecule has 8 heteroatoms. The SMILES string of the molecule is C[C@H](c1nc2ccccc2s1)[NH+](C)CC(=O)NCC(=O)Nc1ccc(F)cc1. The lowest BCUT2D eigenvalue weighted by molar-refractivity contribution is -0.902. The molecule has 0 aliphatic carbocycles. The highest BCUT2D eigenvalue weighted by Crippen LogP contribution is 2.24. The first kappa shape index (κ1) is 19.9. The van der Waals surface area contributed by atoms with Crippen LogP contribution in [-0.2, 0) is 9.59 Å². The summed E-state index contributed by atoms with van der Waals surface area (Å²) in [5, 5.41) is 6.19. The van der Waals surface area contributed by atoms with Crippen LogP contribution < -0.4 is 15.5 Å². The number of carbonyl (C=O) groups is 2. The van der Waals surface area contributed by atoms with Crippen molar-refractivity contribution in [1.82, 2.24) is 10.3 Å². The van der Waals surface area contributed by atoms with Crippen LogP contribution in [0.5, 0.6) is 0 Å². The van der Waals surface area contributed by atoms with E-state index in [1.54, 1.807) is 11.3 Å². The number of amides is 2. The highest BCUT2D eigenvalue weighted by atomic mass is 32.1. The Balaban J connectivity index is 1.48. The van der Waals surface area contributed by atoms with Crippen molar-refractivity contribution in [3.05, 3.63) is 59.4 Å². The van der Waals surface area contributed by atoms with Gasteiger partial charge in [0.25, 0.3) is 5.91 Å². The quantitative estimate of drug-likeness (QED) is 0.565. The van der Waals surface area contributed by atoms with Crippen molar-refractivity contribution in [3.63, 3.8) is 0 Å². The lowest BCUT2D eigenvalue weighted by atomic mass is 10.3. The van der Waals surface area contributed by atoms with Crippen LogP contribution in [0.3, 0.4) is 0 Å². The Morgan fingerprint density at radius 1 is 1.14 bits per heavy atom. The number of carbonyl (C=O) groups excluding carboxylic acids is 2. The predicted octanol–water partition coefficient (Wildman–Crippen LogP) is 1.77. The predicted molar refractivity (Wildman–Crippen MR) is 108 cm³/mol. The topological polar surface area (TPSA) is 75.5 Å². The Hall–Kier alpha value is -2.84. The van der Waals surface area contributed by atoms with E-state index in [0.717, 1.165) is 20.1 Å². The van der Waals surface area contributed by atoms with Gasteiger partial charge >= 0.3 is 0 Å². The van der Waals surface area contributed by atoms with Crippen LogP contribution in [0.2, 0.25) is 0 Å². The fraction of sp³-hybridized carbons (Fsp3) is 0.250. The molecule has 0 aliphatic heterocycles. The van der Waals surface area contributed by atoms with Crippen LogP contribution in [-0.4, -0.2) is 36.9 Å². The van der Waals surface area contributed by atoms with Crippen molar-refractivity contribution in [2.24, 2.45) is 0 Å². The molecule has 3 N–H and O–H groups in total. The molecule has 0 bridgehead atoms. The number of rotatable bonds is 7. The Bertz CT molecular complexity index is 941. The highest BCUT2D eigenvalue weighted by Gasteiger charge is 2.22. The van der Waals surface area contributed by atoms with E-state index in [1.165, 1.54) is 24.3 Å². The molecule has 0 spiro atoms. The van der Waals surface area contributed by atoms with Crippen LogP contribution in [0.15, 0.2) is 48.5 Å². The normalized spacial score (nSPS) is 13.1. The second kappa shape index (κ2) is 8.90. The number of likely N-dealkylation sites (N-methyl/N-ethyl adjacent to an activating group) is 1. The van der Waals surface area contributed by atoms with Gasteiger partial charge in [-0.05, 0) is 43.3 Å². The maximum atomic E-state index is 12.9. The number of para-hydroxylation sites is 1. The minimum Gasteiger partial charge on any atom is -0.342 e. The average Bonchev–Trinajstić information content (AvgIpc) is 3.11. The molecule has 2 atom stereocenters. The number of nitrogens with one attached hydrogen (secondary N) is 3. The molecule has 0 saturated carbocycles. The van der Waals surface area contributed by atoms with E-state index >= 15 is 0 Å². The largest absolute Gasteiger partial charge is 0.342 e. The lowest BCUT2D eigenvalue weighted by Gasteiger charge is -2.19. The van der Waals surface area contributed by atoms with E-state index in [2.05, 4.69) is 15.6 Å². The van der Waals surface area contributed by atoms with Crippen LogP contribution in [0.1, 0.15) is 18.0 Å². The number of benzene rings is 2. The smallest absolute Gasteiger partial charge is 0.275 e. The number of halogens is 1. The number of anilines is 1. The van der Waals surface area contributed by atoms with Gasteiger partial charge in [0.05, 0.1) is 23.8 Å². The van der Waals surface area contributed by atoms with E-state index in [1.807, 2.05) is 38.2 Å². The number of quaternary nitrogens is 1. The van der Waals surface area contributed by atoms with Crippen LogP contribution in [0.25, 0.3) is 10.2 Å². The van der Waals surface area contributed by atoms with Crippen molar-refractivity contribution in [2.75, 3.05) is 25.5 Å². The van der Waals surface area contributed by atoms with Gasteiger partial charge in [-0.15, -0.1) is 11.3 Å². The monoisotopic (exact) mass is 401 g/mol. The third-order valence-electron chi connectivity index (χ3n) is 4.43. The molecular weight excluding hydrogens is 379 g/mol. The van der Waals surface area contributed by atoms with Crippen molar-refractivity contribution < 1.29 is 18.9 Å². The van der Waals surface area contributed by atoms with E-state index < -0.39 is 0 Å². The van der Waals surface area contributed by atoms with Crippen LogP contribution in [0.4, 0.5) is 10.1 Å². The van der Waals surface area contributed by atoms with Crippen molar-refractivity contribution in [2.45, 2.75) is 13.0 Å². The molecule has 146 valence electrons. The minimum absolute atomic E-state index is 0.0520. The second-order valence-electron chi connectivity index (χ2n) is 6.60. The maximum absolute atomic E-state index is 12.9. The molecule has 2 aromatic carbocycles. The Morgan fingerprint density at radius 3 is 2.57 bits per heavy atom. The van der Waals surface area contributed by atoms with Crippen LogP contribution >= 0.6 is 11.3 Å². The van der Waals surface area contributed by atoms with Crippen molar-refractivity contribution >= 4 is 39.1 Å². The third-order valence-corrected chi connectivity index (χ3v) is 5.65. The first-order valence-electron chi connectivity index (χ1n) is 8.92. The molecule has 2 amide bonds. The molecule has 3 rings (SSSR count). The van der Waals surface area contributed by atoms with Gasteiger partial charge in [0.1, 0.15) is 11.9 Å². The number of nitrogens with zero attached hydrogens (tertiary/aromatic N) is 1. The molecule has 28 heavy (non-hydrogen) atoms. The molecule has 0 radical (unpaired) electrons. The maximum Gasteiger partial charge on any atom is 0.275 e. The van der Waals surface area contributed by atoms with Gasteiger partial charge in [0, 0.05) is 5.69 Å².